The molecular formula is C14H16OS. The van der Waals surface area contributed by atoms with E-state index < -0.39 is 0 Å². The fourth-order valence-electron chi connectivity index (χ4n) is 1.57. The van der Waals surface area contributed by atoms with E-state index in [4.69, 9.17) is 0 Å². The van der Waals surface area contributed by atoms with Gasteiger partial charge in [0.2, 0.25) is 0 Å². The summed E-state index contributed by atoms with van der Waals surface area (Å²) in [6, 6.07) is 14.8. The third kappa shape index (κ3) is 2.77. The standard InChI is InChI=1S/C14H16OS/c1-2-13(15)10-16-14-8-7-11-5-3-4-6-12(11)9-14/h3-9,13,15H,2,10H2,1H3/t13-/m1/s1. The molecule has 84 valence electrons. The molecule has 2 aromatic carbocycles. The van der Waals surface area contributed by atoms with Crippen LogP contribution in [0.3, 0.4) is 0 Å². The van der Waals surface area contributed by atoms with Crippen LogP contribution in [0.5, 0.6) is 0 Å². The minimum atomic E-state index is -0.198. The zero-order valence-electron chi connectivity index (χ0n) is 9.39. The Morgan fingerprint density at radius 3 is 2.62 bits per heavy atom. The van der Waals surface area contributed by atoms with Crippen molar-refractivity contribution in [2.24, 2.45) is 0 Å². The maximum atomic E-state index is 9.51. The molecule has 0 heterocycles. The second-order valence-corrected chi connectivity index (χ2v) is 4.98. The van der Waals surface area contributed by atoms with Crippen LogP contribution in [-0.2, 0) is 0 Å². The Balaban J connectivity index is 2.13. The fourth-order valence-corrected chi connectivity index (χ4v) is 2.56. The summed E-state index contributed by atoms with van der Waals surface area (Å²) in [5.41, 5.74) is 0. The van der Waals surface area contributed by atoms with Gasteiger partial charge >= 0.3 is 0 Å². The van der Waals surface area contributed by atoms with Gasteiger partial charge in [-0.1, -0.05) is 37.3 Å². The molecule has 2 heteroatoms. The van der Waals surface area contributed by atoms with Gasteiger partial charge in [0.05, 0.1) is 6.10 Å². The zero-order valence-corrected chi connectivity index (χ0v) is 10.2. The lowest BCUT2D eigenvalue weighted by Gasteiger charge is -2.07. The normalized spacial score (nSPS) is 12.9. The predicted molar refractivity (Wildman–Crippen MR) is 71.0 cm³/mol. The molecule has 0 saturated heterocycles. The molecule has 1 N–H and O–H groups in total. The van der Waals surface area contributed by atoms with E-state index in [2.05, 4.69) is 42.5 Å². The molecule has 0 fully saturated rings. The van der Waals surface area contributed by atoms with Crippen LogP contribution in [0.1, 0.15) is 13.3 Å². The van der Waals surface area contributed by atoms with Crippen LogP contribution in [0.2, 0.25) is 0 Å². The van der Waals surface area contributed by atoms with E-state index >= 15 is 0 Å². The van der Waals surface area contributed by atoms with Crippen LogP contribution in [-0.4, -0.2) is 17.0 Å². The van der Waals surface area contributed by atoms with E-state index in [9.17, 15) is 5.11 Å². The Bertz CT molecular complexity index is 467. The third-order valence-corrected chi connectivity index (χ3v) is 3.77. The Morgan fingerprint density at radius 1 is 1.12 bits per heavy atom. The summed E-state index contributed by atoms with van der Waals surface area (Å²) in [7, 11) is 0. The number of thioether (sulfide) groups is 1. The van der Waals surface area contributed by atoms with Crippen molar-refractivity contribution in [3.63, 3.8) is 0 Å². The molecule has 0 amide bonds. The highest BCUT2D eigenvalue weighted by atomic mass is 32.2. The van der Waals surface area contributed by atoms with E-state index in [1.807, 2.05) is 6.92 Å². The molecule has 0 radical (unpaired) electrons. The van der Waals surface area contributed by atoms with E-state index in [-0.39, 0.29) is 6.10 Å². The zero-order chi connectivity index (χ0) is 11.4. The summed E-state index contributed by atoms with van der Waals surface area (Å²) in [6.45, 7) is 2.01. The van der Waals surface area contributed by atoms with Gasteiger partial charge in [-0.25, -0.2) is 0 Å². The number of fused-ring (bicyclic) bond motifs is 1. The smallest absolute Gasteiger partial charge is 0.0631 e. The molecule has 0 aliphatic rings. The van der Waals surface area contributed by atoms with Crippen molar-refractivity contribution in [2.45, 2.75) is 24.3 Å². The van der Waals surface area contributed by atoms with Crippen LogP contribution in [0, 0.1) is 0 Å². The van der Waals surface area contributed by atoms with Gasteiger partial charge in [0.25, 0.3) is 0 Å². The van der Waals surface area contributed by atoms with Crippen LogP contribution < -0.4 is 0 Å². The first-order valence-corrected chi connectivity index (χ1v) is 6.58. The van der Waals surface area contributed by atoms with Gasteiger partial charge in [-0.05, 0) is 29.3 Å². The molecule has 1 atom stereocenters. The van der Waals surface area contributed by atoms with Crippen molar-refractivity contribution in [1.82, 2.24) is 0 Å². The van der Waals surface area contributed by atoms with E-state index in [0.717, 1.165) is 12.2 Å². The van der Waals surface area contributed by atoms with Crippen molar-refractivity contribution < 1.29 is 5.11 Å². The monoisotopic (exact) mass is 232 g/mol. The Labute approximate surface area is 100 Å². The maximum Gasteiger partial charge on any atom is 0.0631 e. The summed E-state index contributed by atoms with van der Waals surface area (Å²) < 4.78 is 0. The predicted octanol–water partition coefficient (Wildman–Crippen LogP) is 3.70. The SMILES string of the molecule is CC[C@@H](O)CSc1ccc2ccccc2c1. The average Bonchev–Trinajstić information content (AvgIpc) is 2.35. The molecule has 0 bridgehead atoms. The van der Waals surface area contributed by atoms with E-state index in [0.29, 0.717) is 0 Å². The topological polar surface area (TPSA) is 20.2 Å². The minimum Gasteiger partial charge on any atom is -0.392 e. The fraction of sp³-hybridized carbons (Fsp3) is 0.286. The molecule has 0 spiro atoms. The van der Waals surface area contributed by atoms with Gasteiger partial charge in [-0.15, -0.1) is 11.8 Å². The van der Waals surface area contributed by atoms with Crippen molar-refractivity contribution in [3.8, 4) is 0 Å². The van der Waals surface area contributed by atoms with Gasteiger partial charge < -0.3 is 5.11 Å². The largest absolute Gasteiger partial charge is 0.392 e. The average molecular weight is 232 g/mol. The van der Waals surface area contributed by atoms with Crippen LogP contribution in [0.15, 0.2) is 47.4 Å². The van der Waals surface area contributed by atoms with Crippen LogP contribution in [0.4, 0.5) is 0 Å². The summed E-state index contributed by atoms with van der Waals surface area (Å²) in [5, 5.41) is 12.0. The summed E-state index contributed by atoms with van der Waals surface area (Å²) in [4.78, 5) is 1.23. The molecule has 0 aliphatic carbocycles. The lowest BCUT2D eigenvalue weighted by molar-refractivity contribution is 0.195. The van der Waals surface area contributed by atoms with Crippen molar-refractivity contribution >= 4 is 22.5 Å². The third-order valence-electron chi connectivity index (χ3n) is 2.63. The van der Waals surface area contributed by atoms with Gasteiger partial charge in [0, 0.05) is 10.6 Å². The summed E-state index contributed by atoms with van der Waals surface area (Å²) in [5.74, 6) is 0.773. The lowest BCUT2D eigenvalue weighted by atomic mass is 10.1. The molecule has 0 aliphatic heterocycles. The van der Waals surface area contributed by atoms with Crippen molar-refractivity contribution in [2.75, 3.05) is 5.75 Å². The summed E-state index contributed by atoms with van der Waals surface area (Å²) >= 11 is 1.72. The number of aliphatic hydroxyl groups excluding tert-OH is 1. The molecule has 0 unspecified atom stereocenters. The number of benzene rings is 2. The van der Waals surface area contributed by atoms with Crippen molar-refractivity contribution in [1.29, 1.82) is 0 Å². The van der Waals surface area contributed by atoms with Crippen LogP contribution >= 0.6 is 11.8 Å². The van der Waals surface area contributed by atoms with Crippen molar-refractivity contribution in [3.05, 3.63) is 42.5 Å². The first-order chi connectivity index (χ1) is 7.79. The highest BCUT2D eigenvalue weighted by Crippen LogP contribution is 2.24. The van der Waals surface area contributed by atoms with Gasteiger partial charge in [0.1, 0.15) is 0 Å². The molecule has 0 aromatic heterocycles. The molecule has 16 heavy (non-hydrogen) atoms. The minimum absolute atomic E-state index is 0.198. The number of hydrogen-bond donors (Lipinski definition) is 1. The Kier molecular flexibility index (Phi) is 3.86. The molecule has 1 nitrogen and oxygen atoms in total. The number of hydrogen-bond acceptors (Lipinski definition) is 2. The van der Waals surface area contributed by atoms with Gasteiger partial charge in [-0.3, -0.25) is 0 Å². The first-order valence-electron chi connectivity index (χ1n) is 5.59. The second kappa shape index (κ2) is 5.37. The maximum absolute atomic E-state index is 9.51. The summed E-state index contributed by atoms with van der Waals surface area (Å²) in [6.07, 6.45) is 0.622. The quantitative estimate of drug-likeness (QED) is 0.811. The number of aliphatic hydroxyl groups is 1. The van der Waals surface area contributed by atoms with E-state index in [1.165, 1.54) is 15.7 Å². The highest BCUT2D eigenvalue weighted by molar-refractivity contribution is 7.99. The highest BCUT2D eigenvalue weighted by Gasteiger charge is 2.02. The first kappa shape index (κ1) is 11.5. The molecule has 2 aromatic rings. The van der Waals surface area contributed by atoms with Crippen LogP contribution in [0.25, 0.3) is 10.8 Å². The Morgan fingerprint density at radius 2 is 1.88 bits per heavy atom. The molecular weight excluding hydrogens is 216 g/mol. The lowest BCUT2D eigenvalue weighted by Crippen LogP contribution is -2.06. The Hall–Kier alpha value is -0.990. The van der Waals surface area contributed by atoms with Gasteiger partial charge in [-0.2, -0.15) is 0 Å². The molecule has 0 saturated carbocycles. The molecule has 2 rings (SSSR count). The van der Waals surface area contributed by atoms with Gasteiger partial charge in [0.15, 0.2) is 0 Å². The number of rotatable bonds is 4. The second-order valence-electron chi connectivity index (χ2n) is 3.88. The van der Waals surface area contributed by atoms with E-state index in [1.54, 1.807) is 11.8 Å².